The van der Waals surface area contributed by atoms with Gasteiger partial charge in [0.05, 0.1) is 31.3 Å². The van der Waals surface area contributed by atoms with Crippen LogP contribution in [0.5, 0.6) is 28.7 Å². The molecule has 12 heteroatoms. The molecule has 0 saturated carbocycles. The fraction of sp³-hybridized carbons (Fsp3) is 0.516. The number of phenolic OH excluding ortho intramolecular Hbond substituents is 1. The van der Waals surface area contributed by atoms with Crippen LogP contribution >= 0.6 is 0 Å². The van der Waals surface area contributed by atoms with Crippen LogP contribution in [0.3, 0.4) is 0 Å². The first-order chi connectivity index (χ1) is 20.5. The number of ether oxygens (including phenoxy) is 4. The molecule has 2 aromatic carbocycles. The minimum atomic E-state index is -0.739. The Morgan fingerprint density at radius 3 is 2.58 bits per heavy atom. The summed E-state index contributed by atoms with van der Waals surface area (Å²) >= 11 is 0. The van der Waals surface area contributed by atoms with Crippen LogP contribution in [0, 0.1) is 25.2 Å². The van der Waals surface area contributed by atoms with E-state index in [0.29, 0.717) is 47.0 Å². The molecule has 43 heavy (non-hydrogen) atoms. The Hall–Kier alpha value is -4.05. The number of hydrogen-bond donors (Lipinski definition) is 3. The zero-order valence-electron chi connectivity index (χ0n) is 25.2. The van der Waals surface area contributed by atoms with Crippen LogP contribution in [0.25, 0.3) is 0 Å². The Balaban J connectivity index is 1.61. The third-order valence-corrected chi connectivity index (χ3v) is 9.39. The van der Waals surface area contributed by atoms with Crippen molar-refractivity contribution in [3.05, 3.63) is 39.4 Å². The fourth-order valence-electron chi connectivity index (χ4n) is 7.67. The van der Waals surface area contributed by atoms with Gasteiger partial charge in [-0.25, -0.2) is 0 Å². The van der Waals surface area contributed by atoms with Crippen LogP contribution in [0.4, 0.5) is 0 Å². The number of piperazine rings is 1. The van der Waals surface area contributed by atoms with E-state index in [4.69, 9.17) is 24.7 Å². The molecule has 2 unspecified atom stereocenters. The molecule has 2 bridgehead atoms. The molecule has 2 aromatic rings. The number of hydrogen-bond acceptors (Lipinski definition) is 11. The van der Waals surface area contributed by atoms with Crippen molar-refractivity contribution in [3.8, 4) is 34.8 Å². The average Bonchev–Trinajstić information content (AvgIpc) is 3.44. The lowest BCUT2D eigenvalue weighted by molar-refractivity contribution is -0.132. The second-order valence-electron chi connectivity index (χ2n) is 11.9. The number of amides is 1. The van der Waals surface area contributed by atoms with E-state index in [2.05, 4.69) is 21.2 Å². The van der Waals surface area contributed by atoms with Gasteiger partial charge in [0.15, 0.2) is 23.0 Å². The quantitative estimate of drug-likeness (QED) is 0.344. The van der Waals surface area contributed by atoms with Gasteiger partial charge in [-0.3, -0.25) is 19.4 Å². The molecule has 4 N–H and O–H groups in total. The Labute approximate surface area is 250 Å². The molecular formula is C31H37N5O7. The average molecular weight is 592 g/mol. The van der Waals surface area contributed by atoms with E-state index in [9.17, 15) is 20.0 Å². The molecule has 0 aliphatic carbocycles. The maximum atomic E-state index is 12.8. The summed E-state index contributed by atoms with van der Waals surface area (Å²) in [5.41, 5.74) is 10.5. The molecule has 6 atom stereocenters. The summed E-state index contributed by atoms with van der Waals surface area (Å²) in [5, 5.41) is 25.3. The van der Waals surface area contributed by atoms with Gasteiger partial charge in [0, 0.05) is 47.8 Å². The predicted molar refractivity (Wildman–Crippen MR) is 154 cm³/mol. The minimum Gasteiger partial charge on any atom is -0.504 e. The Morgan fingerprint density at radius 2 is 1.93 bits per heavy atom. The van der Waals surface area contributed by atoms with Crippen LogP contribution in [-0.4, -0.2) is 78.4 Å². The molecule has 1 saturated heterocycles. The number of aromatic hydroxyl groups is 1. The normalized spacial score (nSPS) is 26.0. The Bertz CT molecular complexity index is 1570. The summed E-state index contributed by atoms with van der Waals surface area (Å²) in [6.45, 7) is 6.79. The number of nitrogens with two attached hydrogens (primary N) is 1. The third kappa shape index (κ3) is 4.29. The van der Waals surface area contributed by atoms with Crippen molar-refractivity contribution in [1.82, 2.24) is 15.1 Å². The van der Waals surface area contributed by atoms with Crippen molar-refractivity contribution < 1.29 is 33.6 Å². The number of nitrogens with zero attached hydrogens (tertiary/aromatic N) is 3. The van der Waals surface area contributed by atoms with Crippen LogP contribution < -0.4 is 30.0 Å². The molecule has 4 aliphatic rings. The largest absolute Gasteiger partial charge is 0.504 e. The van der Waals surface area contributed by atoms with Gasteiger partial charge >= 0.3 is 5.97 Å². The Kier molecular flexibility index (Phi) is 7.15. The molecular weight excluding hydrogens is 554 g/mol. The molecule has 228 valence electrons. The molecule has 4 aliphatic heterocycles. The van der Waals surface area contributed by atoms with Gasteiger partial charge in [0.2, 0.25) is 12.7 Å². The third-order valence-electron chi connectivity index (χ3n) is 9.39. The molecule has 1 fully saturated rings. The molecule has 1 amide bonds. The van der Waals surface area contributed by atoms with Crippen molar-refractivity contribution >= 4 is 11.9 Å². The SMILES string of the molecule is COc1c(C)cc2c(c1O)[C@H]1C3Cc4c(OC(C)=O)c(C)c5c(c4[C@H](CNC(=O)[C@H](C)N)N3C(C#N)[C@@H](C2)N1C)OCO5. The lowest BCUT2D eigenvalue weighted by atomic mass is 9.71. The van der Waals surface area contributed by atoms with Crippen molar-refractivity contribution in [1.29, 1.82) is 5.26 Å². The fourth-order valence-corrected chi connectivity index (χ4v) is 7.67. The van der Waals surface area contributed by atoms with Crippen LogP contribution in [0.15, 0.2) is 6.07 Å². The molecule has 0 spiro atoms. The zero-order chi connectivity index (χ0) is 30.9. The van der Waals surface area contributed by atoms with Crippen molar-refractivity contribution in [2.45, 2.75) is 76.8 Å². The van der Waals surface area contributed by atoms with Crippen LogP contribution in [0.1, 0.15) is 59.3 Å². The van der Waals surface area contributed by atoms with Gasteiger partial charge < -0.3 is 35.1 Å². The van der Waals surface area contributed by atoms with E-state index < -0.39 is 24.1 Å². The Morgan fingerprint density at radius 1 is 1.21 bits per heavy atom. The van der Waals surface area contributed by atoms with Gasteiger partial charge in [-0.15, -0.1) is 0 Å². The summed E-state index contributed by atoms with van der Waals surface area (Å²) in [5.74, 6) is 1.05. The van der Waals surface area contributed by atoms with Crippen molar-refractivity contribution in [2.75, 3.05) is 27.5 Å². The van der Waals surface area contributed by atoms with Crippen LogP contribution in [-0.2, 0) is 22.4 Å². The highest BCUT2D eigenvalue weighted by Crippen LogP contribution is 2.58. The number of rotatable bonds is 5. The topological polar surface area (TPSA) is 160 Å². The van der Waals surface area contributed by atoms with E-state index >= 15 is 0 Å². The number of carbonyl (C=O) groups is 2. The number of methoxy groups -OCH3 is 1. The number of carbonyl (C=O) groups excluding carboxylic acids is 2. The number of aryl methyl sites for hydroxylation is 1. The number of likely N-dealkylation sites (N-methyl/N-ethyl adjacent to an activating group) is 1. The minimum absolute atomic E-state index is 0.00939. The first kappa shape index (κ1) is 29.0. The van der Waals surface area contributed by atoms with Crippen LogP contribution in [0.2, 0.25) is 0 Å². The van der Waals surface area contributed by atoms with Crippen molar-refractivity contribution in [2.24, 2.45) is 5.73 Å². The number of fused-ring (bicyclic) bond motifs is 9. The highest BCUT2D eigenvalue weighted by atomic mass is 16.7. The number of nitrogens with one attached hydrogen (secondary N) is 1. The molecule has 0 aromatic heterocycles. The number of benzene rings is 2. The molecule has 4 heterocycles. The summed E-state index contributed by atoms with van der Waals surface area (Å²) in [6.07, 6.45) is 0.917. The summed E-state index contributed by atoms with van der Waals surface area (Å²) in [4.78, 5) is 29.4. The van der Waals surface area contributed by atoms with E-state index in [-0.39, 0.29) is 43.1 Å². The first-order valence-corrected chi connectivity index (χ1v) is 14.4. The van der Waals surface area contributed by atoms with E-state index in [1.54, 1.807) is 6.92 Å². The number of phenols is 1. The van der Waals surface area contributed by atoms with Gasteiger partial charge in [-0.1, -0.05) is 6.07 Å². The van der Waals surface area contributed by atoms with Gasteiger partial charge in [0.25, 0.3) is 0 Å². The monoisotopic (exact) mass is 591 g/mol. The highest BCUT2D eigenvalue weighted by Gasteiger charge is 2.56. The molecule has 6 rings (SSSR count). The van der Waals surface area contributed by atoms with Gasteiger partial charge in [-0.05, 0) is 51.8 Å². The smallest absolute Gasteiger partial charge is 0.308 e. The lowest BCUT2D eigenvalue weighted by Gasteiger charge is -2.60. The second kappa shape index (κ2) is 10.6. The highest BCUT2D eigenvalue weighted by molar-refractivity contribution is 5.81. The van der Waals surface area contributed by atoms with E-state index in [0.717, 1.165) is 22.3 Å². The molecule has 0 radical (unpaired) electrons. The number of nitriles is 1. The van der Waals surface area contributed by atoms with Gasteiger partial charge in [0.1, 0.15) is 11.8 Å². The molecule has 12 nitrogen and oxygen atoms in total. The van der Waals surface area contributed by atoms with Crippen molar-refractivity contribution in [3.63, 3.8) is 0 Å². The maximum Gasteiger partial charge on any atom is 0.308 e. The standard InChI is InChI=1S/C31H37N5O7/c1-13-7-17-8-19-21(10-32)36-20(25(35(19)5)23(17)26(38)27(13)40-6)9-18-24(22(36)11-34-31(39)15(3)33)30-29(41-12-42-30)14(2)28(18)43-16(4)37/h7,15,19-22,25,38H,8-9,11-12,33H2,1-6H3,(H,34,39)/t15-,19+,20?,21?,22-,25+/m0/s1. The predicted octanol–water partition coefficient (Wildman–Crippen LogP) is 1.91. The summed E-state index contributed by atoms with van der Waals surface area (Å²) < 4.78 is 23.3. The summed E-state index contributed by atoms with van der Waals surface area (Å²) in [7, 11) is 3.51. The van der Waals surface area contributed by atoms with E-state index in [1.165, 1.54) is 14.0 Å². The second-order valence-corrected chi connectivity index (χ2v) is 11.9. The summed E-state index contributed by atoms with van der Waals surface area (Å²) in [6, 6.07) is 1.83. The van der Waals surface area contributed by atoms with Gasteiger partial charge in [-0.2, -0.15) is 5.26 Å². The van der Waals surface area contributed by atoms with E-state index in [1.807, 2.05) is 27.0 Å². The number of esters is 1. The first-order valence-electron chi connectivity index (χ1n) is 14.4. The lowest BCUT2D eigenvalue weighted by Crippen LogP contribution is -2.68. The maximum absolute atomic E-state index is 12.8. The zero-order valence-corrected chi connectivity index (χ0v) is 25.2.